The van der Waals surface area contributed by atoms with Gasteiger partial charge in [0.05, 0.1) is 5.56 Å². The molecule has 0 saturated carbocycles. The van der Waals surface area contributed by atoms with Crippen LogP contribution in [0.15, 0.2) is 48.7 Å². The minimum Gasteiger partial charge on any atom is -0.357 e. The van der Waals surface area contributed by atoms with Gasteiger partial charge in [0.15, 0.2) is 0 Å². The van der Waals surface area contributed by atoms with Gasteiger partial charge in [-0.05, 0) is 57.2 Å². The van der Waals surface area contributed by atoms with Crippen molar-refractivity contribution in [3.63, 3.8) is 0 Å². The van der Waals surface area contributed by atoms with Crippen LogP contribution in [-0.2, 0) is 6.18 Å². The van der Waals surface area contributed by atoms with Gasteiger partial charge in [0.25, 0.3) is 5.91 Å². The molecule has 0 aliphatic rings. The van der Waals surface area contributed by atoms with Gasteiger partial charge < -0.3 is 15.5 Å². The third-order valence-corrected chi connectivity index (χ3v) is 4.64. The van der Waals surface area contributed by atoms with E-state index < -0.39 is 17.8 Å². The number of anilines is 4. The third kappa shape index (κ3) is 5.71. The van der Waals surface area contributed by atoms with Gasteiger partial charge in [-0.25, -0.2) is 4.98 Å². The van der Waals surface area contributed by atoms with Crippen LogP contribution in [0.4, 0.5) is 36.3 Å². The van der Waals surface area contributed by atoms with E-state index in [1.165, 1.54) is 0 Å². The molecule has 0 spiro atoms. The number of alkyl halides is 3. The fourth-order valence-corrected chi connectivity index (χ4v) is 2.98. The highest BCUT2D eigenvalue weighted by Crippen LogP contribution is 2.27. The second-order valence-corrected chi connectivity index (χ2v) is 6.95. The Morgan fingerprint density at radius 1 is 1.00 bits per heavy atom. The van der Waals surface area contributed by atoms with Gasteiger partial charge in [-0.15, -0.1) is 0 Å². The maximum atomic E-state index is 12.6. The van der Waals surface area contributed by atoms with Crippen molar-refractivity contribution in [1.82, 2.24) is 15.0 Å². The fourth-order valence-electron chi connectivity index (χ4n) is 2.98. The molecule has 3 rings (SSSR count). The summed E-state index contributed by atoms with van der Waals surface area (Å²) in [4.78, 5) is 26.7. The van der Waals surface area contributed by atoms with E-state index in [-0.39, 0.29) is 5.56 Å². The van der Waals surface area contributed by atoms with Crippen LogP contribution in [0.2, 0.25) is 0 Å². The van der Waals surface area contributed by atoms with Gasteiger partial charge in [-0.1, -0.05) is 0 Å². The van der Waals surface area contributed by atoms with Crippen molar-refractivity contribution in [2.24, 2.45) is 0 Å². The van der Waals surface area contributed by atoms with Crippen LogP contribution in [0.5, 0.6) is 0 Å². The van der Waals surface area contributed by atoms with Crippen molar-refractivity contribution < 1.29 is 18.0 Å². The number of nitrogens with zero attached hydrogens (tertiary/aromatic N) is 4. The first-order valence-corrected chi connectivity index (χ1v) is 10.0. The maximum absolute atomic E-state index is 12.6. The Labute approximate surface area is 183 Å². The lowest BCUT2D eigenvalue weighted by molar-refractivity contribution is -0.141. The number of benzene rings is 1. The van der Waals surface area contributed by atoms with Crippen LogP contribution in [0.1, 0.15) is 35.6 Å². The smallest absolute Gasteiger partial charge is 0.357 e. The normalized spacial score (nSPS) is 11.2. The molecular weight excluding hydrogens is 421 g/mol. The molecule has 32 heavy (non-hydrogen) atoms. The molecule has 3 aromatic rings. The molecule has 0 fully saturated rings. The number of carbonyl (C=O) groups is 1. The molecule has 1 amide bonds. The van der Waals surface area contributed by atoms with E-state index in [1.54, 1.807) is 24.3 Å². The number of aryl methyl sites for hydroxylation is 1. The van der Waals surface area contributed by atoms with Crippen molar-refractivity contribution in [2.45, 2.75) is 26.9 Å². The molecule has 0 atom stereocenters. The third-order valence-electron chi connectivity index (χ3n) is 4.64. The van der Waals surface area contributed by atoms with Gasteiger partial charge in [0, 0.05) is 42.4 Å². The summed E-state index contributed by atoms with van der Waals surface area (Å²) < 4.78 is 37.8. The predicted octanol–water partition coefficient (Wildman–Crippen LogP) is 5.04. The first kappa shape index (κ1) is 23.0. The first-order valence-electron chi connectivity index (χ1n) is 10.0. The van der Waals surface area contributed by atoms with E-state index in [4.69, 9.17) is 0 Å². The van der Waals surface area contributed by atoms with Crippen molar-refractivity contribution >= 4 is 29.0 Å². The minimum atomic E-state index is -4.55. The predicted molar refractivity (Wildman–Crippen MR) is 117 cm³/mol. The maximum Gasteiger partial charge on any atom is 0.433 e. The van der Waals surface area contributed by atoms with E-state index in [0.29, 0.717) is 11.6 Å². The Kier molecular flexibility index (Phi) is 6.92. The van der Waals surface area contributed by atoms with Crippen molar-refractivity contribution in [3.05, 3.63) is 65.6 Å². The Balaban J connectivity index is 1.67. The van der Waals surface area contributed by atoms with Gasteiger partial charge in [0.2, 0.25) is 5.95 Å². The van der Waals surface area contributed by atoms with E-state index in [2.05, 4.69) is 44.3 Å². The monoisotopic (exact) mass is 444 g/mol. The average molecular weight is 444 g/mol. The Hall–Kier alpha value is -3.69. The zero-order valence-electron chi connectivity index (χ0n) is 17.9. The van der Waals surface area contributed by atoms with Crippen LogP contribution < -0.4 is 15.5 Å². The van der Waals surface area contributed by atoms with E-state index in [9.17, 15) is 18.0 Å². The fraction of sp³-hybridized carbons (Fsp3) is 0.273. The van der Waals surface area contributed by atoms with Crippen molar-refractivity contribution in [2.75, 3.05) is 28.6 Å². The molecule has 1 aromatic carbocycles. The highest BCUT2D eigenvalue weighted by atomic mass is 19.4. The standard InChI is InChI=1S/C22H23F3N6O/c1-4-31(5-2)19-12-14(3)27-21(30-19)29-17-9-7-16(8-10-17)28-20(32)15-6-11-18(26-13-15)22(23,24)25/h6-13H,4-5H2,1-3H3,(H,28,32)(H,27,29,30). The van der Waals surface area contributed by atoms with Crippen molar-refractivity contribution in [1.29, 1.82) is 0 Å². The van der Waals surface area contributed by atoms with Gasteiger partial charge >= 0.3 is 6.18 Å². The number of pyridine rings is 1. The lowest BCUT2D eigenvalue weighted by Crippen LogP contribution is -2.23. The summed E-state index contributed by atoms with van der Waals surface area (Å²) in [7, 11) is 0. The lowest BCUT2D eigenvalue weighted by Gasteiger charge is -2.20. The van der Waals surface area contributed by atoms with Crippen molar-refractivity contribution in [3.8, 4) is 0 Å². The summed E-state index contributed by atoms with van der Waals surface area (Å²) >= 11 is 0. The molecule has 0 aliphatic carbocycles. The number of rotatable bonds is 7. The molecule has 0 bridgehead atoms. The van der Waals surface area contributed by atoms with Gasteiger partial charge in [0.1, 0.15) is 11.5 Å². The molecule has 2 N–H and O–H groups in total. The van der Waals surface area contributed by atoms with Crippen LogP contribution in [0, 0.1) is 6.92 Å². The van der Waals surface area contributed by atoms with E-state index in [1.807, 2.05) is 13.0 Å². The van der Waals surface area contributed by atoms with Gasteiger partial charge in [-0.2, -0.15) is 18.2 Å². The molecule has 10 heteroatoms. The Morgan fingerprint density at radius 2 is 1.66 bits per heavy atom. The highest BCUT2D eigenvalue weighted by Gasteiger charge is 2.32. The molecule has 7 nitrogen and oxygen atoms in total. The molecular formula is C22H23F3N6O. The second kappa shape index (κ2) is 9.63. The molecule has 2 aromatic heterocycles. The average Bonchev–Trinajstić information content (AvgIpc) is 2.75. The number of amides is 1. The quantitative estimate of drug-likeness (QED) is 0.531. The van der Waals surface area contributed by atoms with E-state index in [0.717, 1.165) is 48.6 Å². The van der Waals surface area contributed by atoms with E-state index >= 15 is 0 Å². The van der Waals surface area contributed by atoms with Crippen LogP contribution >= 0.6 is 0 Å². The lowest BCUT2D eigenvalue weighted by atomic mass is 10.2. The van der Waals surface area contributed by atoms with Crippen LogP contribution in [0.25, 0.3) is 0 Å². The summed E-state index contributed by atoms with van der Waals surface area (Å²) in [5.74, 6) is 0.733. The molecule has 0 unspecified atom stereocenters. The number of nitrogens with one attached hydrogen (secondary N) is 2. The van der Waals surface area contributed by atoms with Gasteiger partial charge in [-0.3, -0.25) is 9.78 Å². The number of halogens is 3. The first-order chi connectivity index (χ1) is 15.2. The Bertz CT molecular complexity index is 1060. The Morgan fingerprint density at radius 3 is 2.22 bits per heavy atom. The summed E-state index contributed by atoms with van der Waals surface area (Å²) in [6.07, 6.45) is -3.65. The number of hydrogen-bond acceptors (Lipinski definition) is 6. The summed E-state index contributed by atoms with van der Waals surface area (Å²) in [5, 5.41) is 5.77. The zero-order valence-corrected chi connectivity index (χ0v) is 17.9. The second-order valence-electron chi connectivity index (χ2n) is 6.95. The van der Waals surface area contributed by atoms with Crippen LogP contribution in [-0.4, -0.2) is 33.9 Å². The summed E-state index contributed by atoms with van der Waals surface area (Å²) in [5.41, 5.74) is 1.01. The minimum absolute atomic E-state index is 0.0253. The van der Waals surface area contributed by atoms with Crippen LogP contribution in [0.3, 0.4) is 0 Å². The largest absolute Gasteiger partial charge is 0.433 e. The number of aromatic nitrogens is 3. The zero-order chi connectivity index (χ0) is 23.3. The summed E-state index contributed by atoms with van der Waals surface area (Å²) in [6, 6.07) is 10.6. The summed E-state index contributed by atoms with van der Waals surface area (Å²) in [6.45, 7) is 7.67. The molecule has 0 radical (unpaired) electrons. The molecule has 0 aliphatic heterocycles. The molecule has 2 heterocycles. The molecule has 168 valence electrons. The number of hydrogen-bond donors (Lipinski definition) is 2. The molecule has 0 saturated heterocycles. The SMILES string of the molecule is CCN(CC)c1cc(C)nc(Nc2ccc(NC(=O)c3ccc(C(F)(F)F)nc3)cc2)n1. The topological polar surface area (TPSA) is 83.0 Å². The highest BCUT2D eigenvalue weighted by molar-refractivity contribution is 6.04. The number of carbonyl (C=O) groups excluding carboxylic acids is 1.